The summed E-state index contributed by atoms with van der Waals surface area (Å²) in [6.45, 7) is 2.43. The van der Waals surface area contributed by atoms with Crippen LogP contribution in [-0.4, -0.2) is 64.7 Å². The van der Waals surface area contributed by atoms with Crippen molar-refractivity contribution in [3.05, 3.63) is 35.9 Å². The topological polar surface area (TPSA) is 112 Å². The number of amidine groups is 2. The molecule has 1 aliphatic heterocycles. The molecule has 4 N–H and O–H groups in total. The fraction of sp³-hybridized carbons (Fsp3) is 0.615. The number of carbonyl (C=O) groups excluding carboxylic acids is 2. The third-order valence-electron chi connectivity index (χ3n) is 7.09. The Kier molecular flexibility index (Phi) is 11.0. The van der Waals surface area contributed by atoms with E-state index < -0.39 is 6.04 Å². The van der Waals surface area contributed by atoms with Crippen LogP contribution in [0, 0.1) is 5.92 Å². The highest BCUT2D eigenvalue weighted by Crippen LogP contribution is 2.29. The van der Waals surface area contributed by atoms with Gasteiger partial charge in [-0.1, -0.05) is 72.2 Å². The minimum atomic E-state index is -0.529. The molecule has 1 saturated heterocycles. The number of likely N-dealkylation sites (N-methyl/N-ethyl adjacent to an activating group) is 1. The fourth-order valence-electron chi connectivity index (χ4n) is 4.98. The van der Waals surface area contributed by atoms with Gasteiger partial charge < -0.3 is 21.3 Å². The molecule has 1 saturated carbocycles. The number of hydrogen-bond acceptors (Lipinski definition) is 4. The Morgan fingerprint density at radius 1 is 1.14 bits per heavy atom. The van der Waals surface area contributed by atoms with E-state index in [4.69, 9.17) is 10.7 Å². The average Bonchev–Trinajstić information content (AvgIpc) is 3.38. The van der Waals surface area contributed by atoms with Gasteiger partial charge >= 0.3 is 0 Å². The van der Waals surface area contributed by atoms with Gasteiger partial charge in [0.05, 0.1) is 16.6 Å². The molecular formula is C26H39IN6O2. The molecule has 2 fully saturated rings. The van der Waals surface area contributed by atoms with Gasteiger partial charge in [-0.05, 0) is 51.1 Å². The molecule has 192 valence electrons. The summed E-state index contributed by atoms with van der Waals surface area (Å²) in [7, 11) is 1.75. The standard InChI is InChI=1S/C26H39IN6O2/c1-18(29-2)25(34)32-23(20-12-7-4-8-13-20)26(35)33-15-9-14-21(33)24(28)31-22(30-17-27)16-19-10-5-3-6-11-19/h3,5-6,10-11,18,20-21,23,29H,4,7-9,12-17H2,1-2H3,(H,32,34)(H2,28,30,31)/t18-,21-,23-/m0/s1. The normalized spacial score (nSPS) is 21.6. The second kappa shape index (κ2) is 13.9. The van der Waals surface area contributed by atoms with Crippen molar-refractivity contribution in [3.8, 4) is 0 Å². The van der Waals surface area contributed by atoms with Crippen LogP contribution in [0.25, 0.3) is 0 Å². The highest BCUT2D eigenvalue weighted by atomic mass is 127. The maximum atomic E-state index is 13.9. The van der Waals surface area contributed by atoms with Gasteiger partial charge in [0, 0.05) is 13.0 Å². The van der Waals surface area contributed by atoms with Crippen LogP contribution in [0.2, 0.25) is 0 Å². The number of likely N-dealkylation sites (tertiary alicyclic amines) is 1. The SMILES string of the molecule is CN[C@@H](C)C(=O)N[C@H](C(=O)N1CCC[C@H]1C(N)=NC(Cc1ccccc1)=NCI)C1CCCCC1. The van der Waals surface area contributed by atoms with Crippen molar-refractivity contribution in [2.75, 3.05) is 18.1 Å². The van der Waals surface area contributed by atoms with Crippen LogP contribution in [0.15, 0.2) is 40.3 Å². The van der Waals surface area contributed by atoms with Gasteiger partial charge in [-0.25, -0.2) is 4.99 Å². The summed E-state index contributed by atoms with van der Waals surface area (Å²) in [5.41, 5.74) is 7.63. The second-order valence-corrected chi connectivity index (χ2v) is 10.2. The molecule has 2 amide bonds. The van der Waals surface area contributed by atoms with Crippen molar-refractivity contribution in [2.45, 2.75) is 76.4 Å². The number of benzene rings is 1. The molecule has 1 aliphatic carbocycles. The molecule has 3 atom stereocenters. The molecule has 2 aliphatic rings. The van der Waals surface area contributed by atoms with E-state index in [0.29, 0.717) is 29.2 Å². The summed E-state index contributed by atoms with van der Waals surface area (Å²) in [6, 6.07) is 8.90. The highest BCUT2D eigenvalue weighted by Gasteiger charge is 2.39. The van der Waals surface area contributed by atoms with E-state index in [1.807, 2.05) is 42.2 Å². The summed E-state index contributed by atoms with van der Waals surface area (Å²) in [5.74, 6) is 1.06. The average molecular weight is 595 g/mol. The second-order valence-electron chi connectivity index (χ2n) is 9.48. The predicted octanol–water partition coefficient (Wildman–Crippen LogP) is 3.04. The first-order valence-electron chi connectivity index (χ1n) is 12.7. The number of aliphatic imine (C=N–C) groups is 2. The zero-order valence-electron chi connectivity index (χ0n) is 20.9. The molecule has 9 heteroatoms. The van der Waals surface area contributed by atoms with Crippen LogP contribution in [0.1, 0.15) is 57.4 Å². The molecule has 0 aromatic heterocycles. The van der Waals surface area contributed by atoms with Crippen molar-refractivity contribution < 1.29 is 9.59 Å². The third-order valence-corrected chi connectivity index (χ3v) is 7.44. The van der Waals surface area contributed by atoms with E-state index in [9.17, 15) is 9.59 Å². The number of alkyl halides is 1. The number of rotatable bonds is 9. The van der Waals surface area contributed by atoms with Gasteiger partial charge in [-0.3, -0.25) is 14.6 Å². The van der Waals surface area contributed by atoms with Crippen LogP contribution in [0.4, 0.5) is 0 Å². The Hall–Kier alpha value is -2.01. The number of halogens is 1. The molecule has 0 bridgehead atoms. The van der Waals surface area contributed by atoms with Gasteiger partial charge in [0.25, 0.3) is 0 Å². The van der Waals surface area contributed by atoms with Crippen molar-refractivity contribution in [2.24, 2.45) is 21.6 Å². The zero-order valence-corrected chi connectivity index (χ0v) is 23.0. The molecule has 1 heterocycles. The summed E-state index contributed by atoms with van der Waals surface area (Å²) in [6.07, 6.45) is 7.50. The fourth-order valence-corrected chi connectivity index (χ4v) is 5.37. The molecule has 0 unspecified atom stereocenters. The van der Waals surface area contributed by atoms with Gasteiger partial charge in [0.15, 0.2) is 0 Å². The summed E-state index contributed by atoms with van der Waals surface area (Å²) in [5, 5.41) is 6.04. The number of nitrogens with zero attached hydrogens (tertiary/aromatic N) is 3. The van der Waals surface area contributed by atoms with Gasteiger partial charge in [0.1, 0.15) is 17.7 Å². The lowest BCUT2D eigenvalue weighted by Gasteiger charge is -2.35. The largest absolute Gasteiger partial charge is 0.385 e. The minimum Gasteiger partial charge on any atom is -0.385 e. The van der Waals surface area contributed by atoms with E-state index in [2.05, 4.69) is 38.2 Å². The van der Waals surface area contributed by atoms with Gasteiger partial charge in [0.2, 0.25) is 11.8 Å². The van der Waals surface area contributed by atoms with Crippen molar-refractivity contribution in [3.63, 3.8) is 0 Å². The van der Waals surface area contributed by atoms with Crippen molar-refractivity contribution in [1.82, 2.24) is 15.5 Å². The molecule has 8 nitrogen and oxygen atoms in total. The zero-order chi connectivity index (χ0) is 25.2. The maximum Gasteiger partial charge on any atom is 0.246 e. The first kappa shape index (κ1) is 27.6. The van der Waals surface area contributed by atoms with Crippen LogP contribution < -0.4 is 16.4 Å². The van der Waals surface area contributed by atoms with E-state index >= 15 is 0 Å². The van der Waals surface area contributed by atoms with Crippen LogP contribution in [-0.2, 0) is 16.0 Å². The Morgan fingerprint density at radius 2 is 1.86 bits per heavy atom. The van der Waals surface area contributed by atoms with Crippen molar-refractivity contribution >= 4 is 46.1 Å². The highest BCUT2D eigenvalue weighted by molar-refractivity contribution is 14.1. The smallest absolute Gasteiger partial charge is 0.246 e. The summed E-state index contributed by atoms with van der Waals surface area (Å²) >= 11 is 2.20. The van der Waals surface area contributed by atoms with Gasteiger partial charge in [-0.2, -0.15) is 0 Å². The quantitative estimate of drug-likeness (QED) is 0.134. The lowest BCUT2D eigenvalue weighted by molar-refractivity contribution is -0.138. The van der Waals surface area contributed by atoms with Crippen LogP contribution in [0.3, 0.4) is 0 Å². The van der Waals surface area contributed by atoms with E-state index in [1.54, 1.807) is 7.05 Å². The van der Waals surface area contributed by atoms with Crippen molar-refractivity contribution in [1.29, 1.82) is 0 Å². The number of nitrogens with one attached hydrogen (secondary N) is 2. The Labute approximate surface area is 222 Å². The first-order chi connectivity index (χ1) is 16.9. The van der Waals surface area contributed by atoms with Crippen LogP contribution in [0.5, 0.6) is 0 Å². The predicted molar refractivity (Wildman–Crippen MR) is 150 cm³/mol. The van der Waals surface area contributed by atoms with Crippen LogP contribution >= 0.6 is 22.6 Å². The number of nitrogens with two attached hydrogens (primary N) is 1. The molecule has 3 rings (SSSR count). The lowest BCUT2D eigenvalue weighted by Crippen LogP contribution is -2.57. The summed E-state index contributed by atoms with van der Waals surface area (Å²) in [4.78, 5) is 37.7. The molecule has 0 radical (unpaired) electrons. The number of carbonyl (C=O) groups is 2. The molecule has 1 aromatic rings. The van der Waals surface area contributed by atoms with Gasteiger partial charge in [-0.15, -0.1) is 0 Å². The first-order valence-corrected chi connectivity index (χ1v) is 14.2. The summed E-state index contributed by atoms with van der Waals surface area (Å²) < 4.78 is 0.587. The Balaban J connectivity index is 1.79. The lowest BCUT2D eigenvalue weighted by atomic mass is 9.83. The third kappa shape index (κ3) is 7.73. The van der Waals surface area contributed by atoms with E-state index in [0.717, 1.165) is 44.1 Å². The Morgan fingerprint density at radius 3 is 2.51 bits per heavy atom. The number of amides is 2. The van der Waals surface area contributed by atoms with E-state index in [-0.39, 0.29) is 29.8 Å². The molecule has 1 aromatic carbocycles. The monoisotopic (exact) mass is 594 g/mol. The molecule has 35 heavy (non-hydrogen) atoms. The minimum absolute atomic E-state index is 0.0374. The molecule has 0 spiro atoms. The maximum absolute atomic E-state index is 13.9. The molecular weight excluding hydrogens is 555 g/mol. The number of hydrogen-bond donors (Lipinski definition) is 3. The van der Waals surface area contributed by atoms with E-state index in [1.165, 1.54) is 6.42 Å². The Bertz CT molecular complexity index is 900.